The van der Waals surface area contributed by atoms with Gasteiger partial charge in [0.15, 0.2) is 23.5 Å². The van der Waals surface area contributed by atoms with E-state index >= 15 is 0 Å². The van der Waals surface area contributed by atoms with E-state index in [-0.39, 0.29) is 24.3 Å². The Kier molecular flexibility index (Phi) is 6.92. The fourth-order valence-corrected chi connectivity index (χ4v) is 5.84. The van der Waals surface area contributed by atoms with E-state index in [9.17, 15) is 4.79 Å². The maximum atomic E-state index is 11.7. The van der Waals surface area contributed by atoms with E-state index in [4.69, 9.17) is 24.7 Å². The van der Waals surface area contributed by atoms with Gasteiger partial charge in [0.25, 0.3) is 0 Å². The van der Waals surface area contributed by atoms with Crippen molar-refractivity contribution >= 4 is 23.0 Å². The van der Waals surface area contributed by atoms with Gasteiger partial charge < -0.3 is 24.7 Å². The van der Waals surface area contributed by atoms with Crippen LogP contribution in [0.2, 0.25) is 0 Å². The minimum atomic E-state index is -0.711. The van der Waals surface area contributed by atoms with Crippen LogP contribution in [-0.4, -0.2) is 79.7 Å². The first kappa shape index (κ1) is 25.3. The summed E-state index contributed by atoms with van der Waals surface area (Å²) < 4.78 is 26.2. The number of esters is 1. The predicted octanol–water partition coefficient (Wildman–Crippen LogP) is 2.66. The zero-order valence-electron chi connectivity index (χ0n) is 21.8. The molecule has 0 amide bonds. The van der Waals surface area contributed by atoms with Gasteiger partial charge in [-0.2, -0.15) is 0 Å². The van der Waals surface area contributed by atoms with Crippen LogP contribution in [0.1, 0.15) is 66.5 Å². The van der Waals surface area contributed by atoms with Crippen molar-refractivity contribution in [3.63, 3.8) is 0 Å². The van der Waals surface area contributed by atoms with Crippen molar-refractivity contribution < 1.29 is 23.7 Å². The van der Waals surface area contributed by atoms with E-state index in [0.717, 1.165) is 25.8 Å². The lowest BCUT2D eigenvalue weighted by Crippen LogP contribution is -2.52. The highest BCUT2D eigenvalue weighted by molar-refractivity contribution is 5.81. The smallest absolute Gasteiger partial charge is 0.305 e. The van der Waals surface area contributed by atoms with Gasteiger partial charge in [-0.25, -0.2) is 15.0 Å². The first-order valence-corrected chi connectivity index (χ1v) is 13.0. The van der Waals surface area contributed by atoms with Gasteiger partial charge in [-0.05, 0) is 59.8 Å². The number of aromatic nitrogens is 4. The molecule has 2 N–H and O–H groups in total. The molecule has 3 aliphatic rings. The molecule has 1 saturated carbocycles. The summed E-state index contributed by atoms with van der Waals surface area (Å²) in [6.45, 7) is 11.3. The Bertz CT molecular complexity index is 1080. The number of carbonyl (C=O) groups is 1. The molecule has 0 spiro atoms. The molecular formula is C25H38N6O5. The number of hydrogen-bond acceptors (Lipinski definition) is 10. The highest BCUT2D eigenvalue weighted by atomic mass is 16.8. The van der Waals surface area contributed by atoms with Crippen molar-refractivity contribution in [1.82, 2.24) is 24.4 Å². The Labute approximate surface area is 211 Å². The standard InChI is InChI=1S/C25H38N6O5/c1-6-33-18(32)8-7-15-9-16(10-15)30(14(2)3)11-17-20-21(36-25(4,5)35-20)24(34-17)31-13-29-19-22(26)27-12-28-23(19)31/h12-17,20-21,24H,6-11H2,1-5H3,(H2,26,27,28)/t15?,16?,17-,20-,21-,24?/m1/s1. The number of nitrogens with zero attached hydrogens (tertiary/aromatic N) is 5. The van der Waals surface area contributed by atoms with Crippen LogP contribution >= 0.6 is 0 Å². The van der Waals surface area contributed by atoms with E-state index in [2.05, 4.69) is 33.7 Å². The maximum Gasteiger partial charge on any atom is 0.305 e. The molecule has 2 aromatic rings. The molecule has 5 rings (SSSR count). The molecule has 0 bridgehead atoms. The second-order valence-corrected chi connectivity index (χ2v) is 10.8. The van der Waals surface area contributed by atoms with Crippen molar-refractivity contribution in [1.29, 1.82) is 0 Å². The van der Waals surface area contributed by atoms with Crippen LogP contribution in [0.25, 0.3) is 11.2 Å². The third-order valence-electron chi connectivity index (χ3n) is 7.58. The second kappa shape index (κ2) is 9.85. The Morgan fingerprint density at radius 1 is 1.25 bits per heavy atom. The number of carbonyl (C=O) groups excluding carboxylic acids is 1. The Hall–Kier alpha value is -2.34. The van der Waals surface area contributed by atoms with Gasteiger partial charge in [-0.15, -0.1) is 0 Å². The number of fused-ring (bicyclic) bond motifs is 2. The normalized spacial score (nSPS) is 31.2. The predicted molar refractivity (Wildman–Crippen MR) is 132 cm³/mol. The van der Waals surface area contributed by atoms with Crippen molar-refractivity contribution in [3.8, 4) is 0 Å². The highest BCUT2D eigenvalue weighted by Gasteiger charge is 2.56. The van der Waals surface area contributed by atoms with Crippen molar-refractivity contribution in [3.05, 3.63) is 12.7 Å². The number of hydrogen-bond donors (Lipinski definition) is 1. The molecule has 1 unspecified atom stereocenters. The molecule has 4 heterocycles. The number of nitrogens with two attached hydrogens (primary N) is 1. The molecule has 11 heteroatoms. The summed E-state index contributed by atoms with van der Waals surface area (Å²) in [7, 11) is 0. The van der Waals surface area contributed by atoms with Crippen LogP contribution in [0.4, 0.5) is 5.82 Å². The maximum absolute atomic E-state index is 11.7. The van der Waals surface area contributed by atoms with Gasteiger partial charge in [0.1, 0.15) is 30.2 Å². The molecule has 1 aliphatic carbocycles. The minimum Gasteiger partial charge on any atom is -0.466 e. The molecular weight excluding hydrogens is 464 g/mol. The van der Waals surface area contributed by atoms with Gasteiger partial charge in [0.05, 0.1) is 12.9 Å². The Morgan fingerprint density at radius 2 is 2.00 bits per heavy atom. The number of nitrogen functional groups attached to an aromatic ring is 1. The third kappa shape index (κ3) is 4.81. The molecule has 0 aromatic carbocycles. The number of rotatable bonds is 9. The first-order chi connectivity index (χ1) is 17.2. The fourth-order valence-electron chi connectivity index (χ4n) is 5.84. The lowest BCUT2D eigenvalue weighted by Gasteiger charge is -2.46. The van der Waals surface area contributed by atoms with Gasteiger partial charge in [0.2, 0.25) is 0 Å². The summed E-state index contributed by atoms with van der Waals surface area (Å²) in [6.07, 6.45) is 5.52. The lowest BCUT2D eigenvalue weighted by atomic mass is 9.76. The van der Waals surface area contributed by atoms with Crippen LogP contribution in [0.3, 0.4) is 0 Å². The van der Waals surface area contributed by atoms with E-state index in [1.165, 1.54) is 6.33 Å². The summed E-state index contributed by atoms with van der Waals surface area (Å²) in [4.78, 5) is 27.1. The monoisotopic (exact) mass is 502 g/mol. The van der Waals surface area contributed by atoms with Crippen molar-refractivity contribution in [2.24, 2.45) is 5.92 Å². The molecule has 3 fully saturated rings. The first-order valence-electron chi connectivity index (χ1n) is 13.0. The summed E-state index contributed by atoms with van der Waals surface area (Å²) in [6, 6.07) is 0.800. The zero-order valence-corrected chi connectivity index (χ0v) is 21.8. The van der Waals surface area contributed by atoms with E-state index in [0.29, 0.717) is 48.0 Å². The molecule has 4 atom stereocenters. The summed E-state index contributed by atoms with van der Waals surface area (Å²) >= 11 is 0. The second-order valence-electron chi connectivity index (χ2n) is 10.8. The summed E-state index contributed by atoms with van der Waals surface area (Å²) in [5, 5.41) is 0. The van der Waals surface area contributed by atoms with Crippen molar-refractivity contribution in [2.45, 2.75) is 103 Å². The SMILES string of the molecule is CCOC(=O)CCC1CC(N(C[C@H]2OC(n3cnc4c(N)ncnc43)[C@@H]3OC(C)(C)O[C@H]23)C(C)C)C1. The van der Waals surface area contributed by atoms with Crippen LogP contribution in [-0.2, 0) is 23.7 Å². The van der Waals surface area contributed by atoms with E-state index in [1.54, 1.807) is 6.33 Å². The number of anilines is 1. The molecule has 0 radical (unpaired) electrons. The highest BCUT2D eigenvalue weighted by Crippen LogP contribution is 2.45. The van der Waals surface area contributed by atoms with Gasteiger partial charge >= 0.3 is 5.97 Å². The van der Waals surface area contributed by atoms with Gasteiger partial charge in [-0.1, -0.05) is 0 Å². The topological polar surface area (TPSA) is 127 Å². The minimum absolute atomic E-state index is 0.0989. The molecule has 2 aromatic heterocycles. The molecule has 2 aliphatic heterocycles. The molecule has 2 saturated heterocycles. The van der Waals surface area contributed by atoms with Gasteiger partial charge in [0, 0.05) is 25.0 Å². The zero-order chi connectivity index (χ0) is 25.6. The average molecular weight is 503 g/mol. The van der Waals surface area contributed by atoms with Crippen LogP contribution in [0.15, 0.2) is 12.7 Å². The average Bonchev–Trinajstić information content (AvgIpc) is 3.43. The molecule has 36 heavy (non-hydrogen) atoms. The number of imidazole rings is 1. The Balaban J connectivity index is 1.29. The summed E-state index contributed by atoms with van der Waals surface area (Å²) in [5.74, 6) is 0.0793. The van der Waals surface area contributed by atoms with E-state index in [1.807, 2.05) is 25.3 Å². The van der Waals surface area contributed by atoms with E-state index < -0.39 is 12.0 Å². The third-order valence-corrected chi connectivity index (χ3v) is 7.58. The fraction of sp³-hybridized carbons (Fsp3) is 0.760. The van der Waals surface area contributed by atoms with Crippen LogP contribution in [0.5, 0.6) is 0 Å². The Morgan fingerprint density at radius 3 is 2.72 bits per heavy atom. The quantitative estimate of drug-likeness (QED) is 0.511. The van der Waals surface area contributed by atoms with Crippen molar-refractivity contribution in [2.75, 3.05) is 18.9 Å². The molecule has 11 nitrogen and oxygen atoms in total. The lowest BCUT2D eigenvalue weighted by molar-refractivity contribution is -0.199. The summed E-state index contributed by atoms with van der Waals surface area (Å²) in [5.41, 5.74) is 7.17. The van der Waals surface area contributed by atoms with Crippen LogP contribution in [0, 0.1) is 5.92 Å². The number of ether oxygens (including phenoxy) is 4. The largest absolute Gasteiger partial charge is 0.466 e. The van der Waals surface area contributed by atoms with Crippen LogP contribution < -0.4 is 5.73 Å². The van der Waals surface area contributed by atoms with Gasteiger partial charge in [-0.3, -0.25) is 14.3 Å². The molecule has 198 valence electrons.